The van der Waals surface area contributed by atoms with Gasteiger partial charge >= 0.3 is 0 Å². The number of amides is 1. The van der Waals surface area contributed by atoms with Crippen LogP contribution in [0.4, 0.5) is 5.69 Å². The highest BCUT2D eigenvalue weighted by Crippen LogP contribution is 2.38. The zero-order valence-electron chi connectivity index (χ0n) is 7.33. The van der Waals surface area contributed by atoms with Crippen LogP contribution in [0.1, 0.15) is 22.3 Å². The normalized spacial score (nSPS) is 17.6. The molecule has 1 heterocycles. The summed E-state index contributed by atoms with van der Waals surface area (Å²) >= 11 is 0. The van der Waals surface area contributed by atoms with Crippen LogP contribution in [-0.4, -0.2) is 11.7 Å². The SMILES string of the molecule is O=C1CC2=CC(=O)c3cccc(c32)N1. The molecule has 1 amide bonds. The van der Waals surface area contributed by atoms with Gasteiger partial charge in [-0.25, -0.2) is 0 Å². The van der Waals surface area contributed by atoms with Crippen LogP contribution >= 0.6 is 0 Å². The Morgan fingerprint density at radius 1 is 1.21 bits per heavy atom. The summed E-state index contributed by atoms with van der Waals surface area (Å²) in [4.78, 5) is 22.8. The van der Waals surface area contributed by atoms with Gasteiger partial charge in [0.05, 0.1) is 6.42 Å². The summed E-state index contributed by atoms with van der Waals surface area (Å²) in [5, 5.41) is 2.76. The molecule has 68 valence electrons. The number of ketones is 1. The van der Waals surface area contributed by atoms with Crippen molar-refractivity contribution in [3.8, 4) is 0 Å². The van der Waals surface area contributed by atoms with E-state index in [1.807, 2.05) is 6.07 Å². The van der Waals surface area contributed by atoms with Crippen molar-refractivity contribution in [1.82, 2.24) is 0 Å². The Bertz CT molecular complexity index is 500. The third kappa shape index (κ3) is 0.812. The summed E-state index contributed by atoms with van der Waals surface area (Å²) in [5.41, 5.74) is 3.23. The van der Waals surface area contributed by atoms with Crippen LogP contribution in [0.25, 0.3) is 5.57 Å². The van der Waals surface area contributed by atoms with E-state index in [0.29, 0.717) is 12.0 Å². The first-order valence-corrected chi connectivity index (χ1v) is 4.44. The van der Waals surface area contributed by atoms with Gasteiger partial charge in [0, 0.05) is 16.8 Å². The molecule has 1 aromatic rings. The number of carbonyl (C=O) groups excluding carboxylic acids is 2. The molecule has 0 saturated carbocycles. The Hall–Kier alpha value is -1.90. The summed E-state index contributed by atoms with van der Waals surface area (Å²) in [6.45, 7) is 0. The lowest BCUT2D eigenvalue weighted by molar-refractivity contribution is -0.115. The smallest absolute Gasteiger partial charge is 0.228 e. The third-order valence-corrected chi connectivity index (χ3v) is 2.58. The molecule has 3 rings (SSSR count). The average Bonchev–Trinajstić information content (AvgIpc) is 2.45. The third-order valence-electron chi connectivity index (χ3n) is 2.58. The summed E-state index contributed by atoms with van der Waals surface area (Å²) < 4.78 is 0. The lowest BCUT2D eigenvalue weighted by Gasteiger charge is -2.17. The van der Waals surface area contributed by atoms with Crippen molar-refractivity contribution < 1.29 is 9.59 Å². The van der Waals surface area contributed by atoms with E-state index in [9.17, 15) is 9.59 Å². The van der Waals surface area contributed by atoms with Crippen molar-refractivity contribution in [2.45, 2.75) is 6.42 Å². The second-order valence-corrected chi connectivity index (χ2v) is 3.49. The van der Waals surface area contributed by atoms with Gasteiger partial charge in [0.1, 0.15) is 0 Å². The van der Waals surface area contributed by atoms with E-state index < -0.39 is 0 Å². The van der Waals surface area contributed by atoms with Crippen LogP contribution in [0, 0.1) is 0 Å². The van der Waals surface area contributed by atoms with Crippen LogP contribution in [-0.2, 0) is 4.79 Å². The highest BCUT2D eigenvalue weighted by Gasteiger charge is 2.29. The molecule has 0 spiro atoms. The molecule has 2 aliphatic rings. The maximum atomic E-state index is 11.5. The van der Waals surface area contributed by atoms with Crippen LogP contribution < -0.4 is 5.32 Å². The van der Waals surface area contributed by atoms with Gasteiger partial charge in [0.15, 0.2) is 5.78 Å². The maximum Gasteiger partial charge on any atom is 0.228 e. The summed E-state index contributed by atoms with van der Waals surface area (Å²) in [5.74, 6) is -0.0380. The number of hydrogen-bond donors (Lipinski definition) is 1. The van der Waals surface area contributed by atoms with Gasteiger partial charge in [-0.1, -0.05) is 12.1 Å². The van der Waals surface area contributed by atoms with Crippen LogP contribution in [0.5, 0.6) is 0 Å². The Morgan fingerprint density at radius 2 is 2.07 bits per heavy atom. The van der Waals surface area contributed by atoms with Crippen molar-refractivity contribution in [1.29, 1.82) is 0 Å². The molecule has 0 radical (unpaired) electrons. The van der Waals surface area contributed by atoms with Crippen molar-refractivity contribution in [2.75, 3.05) is 5.32 Å². The number of nitrogens with one attached hydrogen (secondary N) is 1. The van der Waals surface area contributed by atoms with E-state index in [4.69, 9.17) is 0 Å². The van der Waals surface area contributed by atoms with Gasteiger partial charge in [-0.05, 0) is 17.7 Å². The van der Waals surface area contributed by atoms with E-state index in [1.54, 1.807) is 18.2 Å². The number of carbonyl (C=O) groups is 2. The highest BCUT2D eigenvalue weighted by molar-refractivity contribution is 6.22. The Morgan fingerprint density at radius 3 is 2.93 bits per heavy atom. The molecule has 0 saturated heterocycles. The largest absolute Gasteiger partial charge is 0.325 e. The maximum absolute atomic E-state index is 11.5. The molecule has 0 unspecified atom stereocenters. The number of rotatable bonds is 0. The molecule has 3 nitrogen and oxygen atoms in total. The van der Waals surface area contributed by atoms with Crippen molar-refractivity contribution in [3.05, 3.63) is 35.4 Å². The molecule has 14 heavy (non-hydrogen) atoms. The van der Waals surface area contributed by atoms with Gasteiger partial charge in [-0.15, -0.1) is 0 Å². The fourth-order valence-corrected chi connectivity index (χ4v) is 2.02. The van der Waals surface area contributed by atoms with Crippen LogP contribution in [0.15, 0.2) is 24.3 Å². The predicted octanol–water partition coefficient (Wildman–Crippen LogP) is 1.61. The predicted molar refractivity (Wildman–Crippen MR) is 52.0 cm³/mol. The Labute approximate surface area is 80.4 Å². The zero-order chi connectivity index (χ0) is 9.71. The van der Waals surface area contributed by atoms with E-state index >= 15 is 0 Å². The fraction of sp³-hybridized carbons (Fsp3) is 0.0909. The molecular formula is C11H7NO2. The van der Waals surface area contributed by atoms with E-state index in [1.165, 1.54) is 0 Å². The van der Waals surface area contributed by atoms with Gasteiger partial charge < -0.3 is 5.32 Å². The van der Waals surface area contributed by atoms with Crippen LogP contribution in [0.2, 0.25) is 0 Å². The minimum atomic E-state index is -0.0457. The lowest BCUT2D eigenvalue weighted by Crippen LogP contribution is -2.17. The minimum Gasteiger partial charge on any atom is -0.325 e. The molecule has 0 fully saturated rings. The molecule has 1 aromatic carbocycles. The molecule has 3 heteroatoms. The van der Waals surface area contributed by atoms with Gasteiger partial charge in [-0.2, -0.15) is 0 Å². The fourth-order valence-electron chi connectivity index (χ4n) is 2.02. The van der Waals surface area contributed by atoms with E-state index in [2.05, 4.69) is 5.32 Å². The van der Waals surface area contributed by atoms with Gasteiger partial charge in [-0.3, -0.25) is 9.59 Å². The molecule has 1 aliphatic carbocycles. The number of benzene rings is 1. The van der Waals surface area contributed by atoms with Crippen molar-refractivity contribution in [3.63, 3.8) is 0 Å². The van der Waals surface area contributed by atoms with Crippen LogP contribution in [0.3, 0.4) is 0 Å². The average molecular weight is 185 g/mol. The monoisotopic (exact) mass is 185 g/mol. The lowest BCUT2D eigenvalue weighted by atomic mass is 9.97. The number of hydrogen-bond acceptors (Lipinski definition) is 2. The zero-order valence-corrected chi connectivity index (χ0v) is 7.33. The quantitative estimate of drug-likeness (QED) is 0.667. The van der Waals surface area contributed by atoms with E-state index in [-0.39, 0.29) is 11.7 Å². The molecule has 1 N–H and O–H groups in total. The highest BCUT2D eigenvalue weighted by atomic mass is 16.1. The summed E-state index contributed by atoms with van der Waals surface area (Å²) in [7, 11) is 0. The minimum absolute atomic E-state index is 0.00773. The molecular weight excluding hydrogens is 178 g/mol. The molecule has 0 aromatic heterocycles. The van der Waals surface area contributed by atoms with Gasteiger partial charge in [0.2, 0.25) is 5.91 Å². The topological polar surface area (TPSA) is 46.2 Å². The number of allylic oxidation sites excluding steroid dienone is 1. The molecule has 0 bridgehead atoms. The van der Waals surface area contributed by atoms with E-state index in [0.717, 1.165) is 16.8 Å². The Balaban J connectivity index is 2.34. The van der Waals surface area contributed by atoms with Gasteiger partial charge in [0.25, 0.3) is 0 Å². The van der Waals surface area contributed by atoms with Crippen molar-refractivity contribution >= 4 is 23.0 Å². The Kier molecular flexibility index (Phi) is 1.24. The first-order chi connectivity index (χ1) is 6.75. The second-order valence-electron chi connectivity index (χ2n) is 3.49. The summed E-state index contributed by atoms with van der Waals surface area (Å²) in [6.07, 6.45) is 1.88. The summed E-state index contributed by atoms with van der Waals surface area (Å²) in [6, 6.07) is 5.40. The first kappa shape index (κ1) is 7.50. The standard InChI is InChI=1S/C11H7NO2/c13-9-4-6-5-10(14)12-8-3-1-2-7(9)11(6)8/h1-4H,5H2,(H,12,14). The first-order valence-electron chi connectivity index (χ1n) is 4.44. The molecule has 0 atom stereocenters. The molecule has 1 aliphatic heterocycles. The number of anilines is 1. The van der Waals surface area contributed by atoms with Crippen molar-refractivity contribution in [2.24, 2.45) is 0 Å². The second kappa shape index (κ2) is 2.32.